The summed E-state index contributed by atoms with van der Waals surface area (Å²) < 4.78 is 37.2. The van der Waals surface area contributed by atoms with Crippen molar-refractivity contribution in [2.45, 2.75) is 11.3 Å². The molecule has 0 amide bonds. The van der Waals surface area contributed by atoms with Crippen molar-refractivity contribution in [2.75, 3.05) is 6.26 Å². The summed E-state index contributed by atoms with van der Waals surface area (Å²) in [7, 11) is -3.35. The molecule has 0 spiro atoms. The zero-order valence-corrected chi connectivity index (χ0v) is 12.1. The van der Waals surface area contributed by atoms with Crippen molar-refractivity contribution in [3.8, 4) is 0 Å². The third kappa shape index (κ3) is 2.67. The molecule has 0 aliphatic carbocycles. The zero-order valence-electron chi connectivity index (χ0n) is 11.3. The van der Waals surface area contributed by atoms with Gasteiger partial charge in [0.05, 0.1) is 10.4 Å². The second-order valence-corrected chi connectivity index (χ2v) is 6.86. The average molecular weight is 304 g/mol. The van der Waals surface area contributed by atoms with Gasteiger partial charge in [0, 0.05) is 12.7 Å². The van der Waals surface area contributed by atoms with Crippen molar-refractivity contribution in [1.29, 1.82) is 0 Å². The molecule has 0 aliphatic rings. The molecular weight excluding hydrogens is 291 g/mol. The van der Waals surface area contributed by atoms with Crippen LogP contribution in [0.3, 0.4) is 0 Å². The quantitative estimate of drug-likeness (QED) is 0.809. The molecule has 0 bridgehead atoms. The van der Waals surface area contributed by atoms with E-state index in [-0.39, 0.29) is 17.1 Å². The number of aromatic nitrogens is 2. The van der Waals surface area contributed by atoms with Crippen LogP contribution in [0.5, 0.6) is 0 Å². The van der Waals surface area contributed by atoms with Crippen molar-refractivity contribution in [3.05, 3.63) is 59.7 Å². The Balaban J connectivity index is 2.08. The lowest BCUT2D eigenvalue weighted by atomic mass is 10.1. The first-order chi connectivity index (χ1) is 9.95. The normalized spacial score (nSPS) is 11.9. The molecule has 3 rings (SSSR count). The molecule has 1 aromatic heterocycles. The van der Waals surface area contributed by atoms with E-state index in [9.17, 15) is 12.8 Å². The molecule has 1 heterocycles. The fourth-order valence-corrected chi connectivity index (χ4v) is 3.09. The number of halogens is 1. The standard InChI is InChI=1S/C15H13FN2O2S/c1-21(19,20)13-8-4-7-12-15(13)18-14(17-12)9-10-5-2-3-6-11(10)16/h2-8H,9H2,1H3,(H,17,18). The summed E-state index contributed by atoms with van der Waals surface area (Å²) in [5.74, 6) is 0.229. The molecule has 0 fully saturated rings. The van der Waals surface area contributed by atoms with Crippen LogP contribution in [0.15, 0.2) is 47.4 Å². The molecule has 2 aromatic carbocycles. The van der Waals surface area contributed by atoms with E-state index in [0.29, 0.717) is 22.4 Å². The number of fused-ring (bicyclic) bond motifs is 1. The number of imidazole rings is 1. The lowest BCUT2D eigenvalue weighted by Gasteiger charge is -1.99. The van der Waals surface area contributed by atoms with Crippen molar-refractivity contribution in [2.24, 2.45) is 0 Å². The summed E-state index contributed by atoms with van der Waals surface area (Å²) in [6, 6.07) is 11.4. The van der Waals surface area contributed by atoms with E-state index < -0.39 is 9.84 Å². The van der Waals surface area contributed by atoms with E-state index in [0.717, 1.165) is 6.26 Å². The first-order valence-corrected chi connectivity index (χ1v) is 8.25. The Morgan fingerprint density at radius 3 is 2.62 bits per heavy atom. The Morgan fingerprint density at radius 1 is 1.14 bits per heavy atom. The van der Waals surface area contributed by atoms with Crippen molar-refractivity contribution < 1.29 is 12.8 Å². The van der Waals surface area contributed by atoms with Crippen LogP contribution in [0.2, 0.25) is 0 Å². The van der Waals surface area contributed by atoms with Crippen LogP contribution < -0.4 is 0 Å². The molecule has 0 unspecified atom stereocenters. The number of hydrogen-bond donors (Lipinski definition) is 1. The predicted molar refractivity (Wildman–Crippen MR) is 78.4 cm³/mol. The fourth-order valence-electron chi connectivity index (χ4n) is 2.26. The maximum atomic E-state index is 13.7. The predicted octanol–water partition coefficient (Wildman–Crippen LogP) is 2.70. The number of H-pyrrole nitrogens is 1. The van der Waals surface area contributed by atoms with Gasteiger partial charge in [0.1, 0.15) is 17.2 Å². The number of benzene rings is 2. The lowest BCUT2D eigenvalue weighted by molar-refractivity contribution is 0.602. The fraction of sp³-hybridized carbons (Fsp3) is 0.133. The van der Waals surface area contributed by atoms with Crippen LogP contribution in [0.25, 0.3) is 11.0 Å². The second kappa shape index (κ2) is 4.96. The van der Waals surface area contributed by atoms with Gasteiger partial charge in [-0.05, 0) is 23.8 Å². The Kier molecular flexibility index (Phi) is 3.25. The number of nitrogens with one attached hydrogen (secondary N) is 1. The monoisotopic (exact) mass is 304 g/mol. The molecule has 108 valence electrons. The van der Waals surface area contributed by atoms with Crippen LogP contribution in [0.4, 0.5) is 4.39 Å². The summed E-state index contributed by atoms with van der Waals surface area (Å²) in [6.45, 7) is 0. The number of hydrogen-bond acceptors (Lipinski definition) is 3. The van der Waals surface area contributed by atoms with Crippen molar-refractivity contribution in [3.63, 3.8) is 0 Å². The van der Waals surface area contributed by atoms with Gasteiger partial charge in [0.15, 0.2) is 9.84 Å². The average Bonchev–Trinajstić information content (AvgIpc) is 2.82. The Morgan fingerprint density at radius 2 is 1.90 bits per heavy atom. The minimum atomic E-state index is -3.35. The highest BCUT2D eigenvalue weighted by Gasteiger charge is 2.15. The molecule has 0 radical (unpaired) electrons. The van der Waals surface area contributed by atoms with E-state index >= 15 is 0 Å². The molecule has 0 atom stereocenters. The minimum absolute atomic E-state index is 0.177. The van der Waals surface area contributed by atoms with Gasteiger partial charge in [0.25, 0.3) is 0 Å². The van der Waals surface area contributed by atoms with E-state index in [2.05, 4.69) is 9.97 Å². The smallest absolute Gasteiger partial charge is 0.177 e. The van der Waals surface area contributed by atoms with Crippen LogP contribution in [0.1, 0.15) is 11.4 Å². The van der Waals surface area contributed by atoms with E-state index in [1.165, 1.54) is 12.1 Å². The molecular formula is C15H13FN2O2S. The number of aromatic amines is 1. The van der Waals surface area contributed by atoms with Gasteiger partial charge in [-0.25, -0.2) is 17.8 Å². The minimum Gasteiger partial charge on any atom is -0.342 e. The number of nitrogens with zero attached hydrogens (tertiary/aromatic N) is 1. The molecule has 6 heteroatoms. The number of rotatable bonds is 3. The number of sulfone groups is 1. The zero-order chi connectivity index (χ0) is 15.0. The third-order valence-corrected chi connectivity index (χ3v) is 4.37. The SMILES string of the molecule is CS(=O)(=O)c1cccc2[nH]c(Cc3ccccc3F)nc12. The molecule has 1 N–H and O–H groups in total. The molecule has 4 nitrogen and oxygen atoms in total. The molecule has 0 saturated carbocycles. The molecule has 0 saturated heterocycles. The van der Waals surface area contributed by atoms with E-state index in [1.54, 1.807) is 30.3 Å². The highest BCUT2D eigenvalue weighted by molar-refractivity contribution is 7.91. The summed E-state index contributed by atoms with van der Waals surface area (Å²) in [5.41, 5.74) is 1.54. The third-order valence-electron chi connectivity index (χ3n) is 3.24. The number of para-hydroxylation sites is 1. The van der Waals surface area contributed by atoms with Crippen molar-refractivity contribution in [1.82, 2.24) is 9.97 Å². The van der Waals surface area contributed by atoms with Gasteiger partial charge in [-0.15, -0.1) is 0 Å². The van der Waals surface area contributed by atoms with Gasteiger partial charge < -0.3 is 4.98 Å². The van der Waals surface area contributed by atoms with Crippen LogP contribution >= 0.6 is 0 Å². The van der Waals surface area contributed by atoms with Crippen LogP contribution in [0, 0.1) is 5.82 Å². The summed E-state index contributed by atoms with van der Waals surface area (Å²) in [4.78, 5) is 7.53. The van der Waals surface area contributed by atoms with Gasteiger partial charge in [-0.2, -0.15) is 0 Å². The summed E-state index contributed by atoms with van der Waals surface area (Å²) in [5, 5.41) is 0. The topological polar surface area (TPSA) is 62.8 Å². The van der Waals surface area contributed by atoms with Crippen LogP contribution in [-0.2, 0) is 16.3 Å². The second-order valence-electron chi connectivity index (χ2n) is 4.88. The van der Waals surface area contributed by atoms with Gasteiger partial charge >= 0.3 is 0 Å². The van der Waals surface area contributed by atoms with Crippen molar-refractivity contribution >= 4 is 20.9 Å². The Hall–Kier alpha value is -2.21. The van der Waals surface area contributed by atoms with Gasteiger partial charge in [-0.1, -0.05) is 24.3 Å². The summed E-state index contributed by atoms with van der Waals surface area (Å²) in [6.07, 6.45) is 1.43. The van der Waals surface area contributed by atoms with Gasteiger partial charge in [0.2, 0.25) is 0 Å². The Labute approximate surface area is 121 Å². The maximum Gasteiger partial charge on any atom is 0.177 e. The highest BCUT2D eigenvalue weighted by atomic mass is 32.2. The molecule has 21 heavy (non-hydrogen) atoms. The van der Waals surface area contributed by atoms with E-state index in [1.807, 2.05) is 0 Å². The maximum absolute atomic E-state index is 13.7. The van der Waals surface area contributed by atoms with Crippen LogP contribution in [-0.4, -0.2) is 24.6 Å². The first-order valence-electron chi connectivity index (χ1n) is 6.36. The first kappa shape index (κ1) is 13.8. The molecule has 0 aliphatic heterocycles. The summed E-state index contributed by atoms with van der Waals surface area (Å²) >= 11 is 0. The Bertz CT molecular complexity index is 916. The molecule has 3 aromatic rings. The van der Waals surface area contributed by atoms with E-state index in [4.69, 9.17) is 0 Å². The van der Waals surface area contributed by atoms with Gasteiger partial charge in [-0.3, -0.25) is 0 Å². The largest absolute Gasteiger partial charge is 0.342 e. The lowest BCUT2D eigenvalue weighted by Crippen LogP contribution is -1.98. The highest BCUT2D eigenvalue weighted by Crippen LogP contribution is 2.22.